The molecule has 1 saturated carbocycles. The van der Waals surface area contributed by atoms with Gasteiger partial charge in [0.25, 0.3) is 0 Å². The largest absolute Gasteiger partial charge is 0.495 e. The number of imidazole rings is 1. The van der Waals surface area contributed by atoms with E-state index in [1.807, 2.05) is 35.1 Å². The highest BCUT2D eigenvalue weighted by Gasteiger charge is 2.39. The minimum Gasteiger partial charge on any atom is -0.495 e. The second-order valence-corrected chi connectivity index (χ2v) is 7.16. The molecule has 1 aliphatic heterocycles. The van der Waals surface area contributed by atoms with Gasteiger partial charge in [0.1, 0.15) is 11.4 Å². The van der Waals surface area contributed by atoms with Gasteiger partial charge in [-0.25, -0.2) is 9.66 Å². The number of rotatable bonds is 4. The topological polar surface area (TPSA) is 103 Å². The Kier molecular flexibility index (Phi) is 4.34. The molecule has 1 aromatic carbocycles. The van der Waals surface area contributed by atoms with Gasteiger partial charge in [0, 0.05) is 24.4 Å². The monoisotopic (exact) mass is 354 g/mol. The molecule has 0 saturated heterocycles. The zero-order chi connectivity index (χ0) is 18.1. The van der Waals surface area contributed by atoms with Gasteiger partial charge in [-0.05, 0) is 43.9 Å². The second kappa shape index (κ2) is 6.66. The van der Waals surface area contributed by atoms with E-state index in [-0.39, 0.29) is 6.04 Å². The first-order valence-electron chi connectivity index (χ1n) is 9.08. The number of hydrogen-bond donors (Lipinski definition) is 4. The number of para-hydroxylation sites is 2. The number of aromatic nitrogens is 2. The van der Waals surface area contributed by atoms with Crippen molar-refractivity contribution in [2.45, 2.75) is 37.4 Å². The maximum atomic E-state index is 6.82. The lowest BCUT2D eigenvalue weighted by molar-refractivity contribution is 0.239. The highest BCUT2D eigenvalue weighted by molar-refractivity contribution is 5.78. The van der Waals surface area contributed by atoms with Crippen LogP contribution in [0.5, 0.6) is 5.75 Å². The molecule has 138 valence electrons. The van der Waals surface area contributed by atoms with Crippen LogP contribution < -0.4 is 26.9 Å². The maximum Gasteiger partial charge on any atom is 0.174 e. The molecular weight excluding hydrogens is 328 g/mol. The molecule has 2 heterocycles. The SMILES string of the molecule is COc1ccccc1NC1=CC(N)(C2CCC(N)CC2)Nn2ccnc21. The first-order chi connectivity index (χ1) is 12.6. The standard InChI is InChI=1S/C19H26N6O/c1-26-17-5-3-2-4-15(17)23-16-12-19(21,13-6-8-14(20)9-7-13)24-25-11-10-22-18(16)25/h2-5,10-14,23-24H,6-9,20-21H2,1H3. The fraction of sp³-hybridized carbons (Fsp3) is 0.421. The van der Waals surface area contributed by atoms with Crippen LogP contribution in [0.15, 0.2) is 42.7 Å². The Hall–Kier alpha value is -2.51. The molecule has 0 bridgehead atoms. The lowest BCUT2D eigenvalue weighted by Gasteiger charge is -2.42. The number of nitrogens with two attached hydrogens (primary N) is 2. The summed E-state index contributed by atoms with van der Waals surface area (Å²) in [5.41, 5.74) is 17.4. The molecule has 1 aliphatic carbocycles. The fourth-order valence-electron chi connectivity index (χ4n) is 3.93. The number of nitrogens with zero attached hydrogens (tertiary/aromatic N) is 2. The van der Waals surface area contributed by atoms with E-state index in [0.717, 1.165) is 48.6 Å². The Labute approximate surface area is 153 Å². The highest BCUT2D eigenvalue weighted by Crippen LogP contribution is 2.36. The minimum absolute atomic E-state index is 0.289. The van der Waals surface area contributed by atoms with E-state index in [1.165, 1.54) is 0 Å². The van der Waals surface area contributed by atoms with E-state index >= 15 is 0 Å². The molecule has 0 spiro atoms. The van der Waals surface area contributed by atoms with Crippen molar-refractivity contribution in [2.75, 3.05) is 17.9 Å². The van der Waals surface area contributed by atoms with Crippen LogP contribution >= 0.6 is 0 Å². The predicted molar refractivity (Wildman–Crippen MR) is 103 cm³/mol. The van der Waals surface area contributed by atoms with Crippen molar-refractivity contribution < 1.29 is 4.74 Å². The third kappa shape index (κ3) is 3.04. The number of nitrogens with one attached hydrogen (secondary N) is 2. The quantitative estimate of drug-likeness (QED) is 0.670. The molecule has 4 rings (SSSR count). The van der Waals surface area contributed by atoms with E-state index < -0.39 is 5.66 Å². The first kappa shape index (κ1) is 16.9. The molecule has 6 N–H and O–H groups in total. The van der Waals surface area contributed by atoms with Crippen molar-refractivity contribution in [1.82, 2.24) is 9.66 Å². The summed E-state index contributed by atoms with van der Waals surface area (Å²) in [6.07, 6.45) is 9.74. The molecule has 2 aliphatic rings. The van der Waals surface area contributed by atoms with Gasteiger partial charge in [-0.3, -0.25) is 0 Å². The third-order valence-electron chi connectivity index (χ3n) is 5.40. The van der Waals surface area contributed by atoms with Crippen LogP contribution in [0.1, 0.15) is 31.5 Å². The Morgan fingerprint density at radius 1 is 1.27 bits per heavy atom. The molecule has 1 aromatic heterocycles. The lowest BCUT2D eigenvalue weighted by Crippen LogP contribution is -2.58. The summed E-state index contributed by atoms with van der Waals surface area (Å²) < 4.78 is 7.35. The van der Waals surface area contributed by atoms with Gasteiger partial charge in [-0.15, -0.1) is 0 Å². The van der Waals surface area contributed by atoms with E-state index in [9.17, 15) is 0 Å². The Morgan fingerprint density at radius 2 is 2.04 bits per heavy atom. The molecule has 1 unspecified atom stereocenters. The number of anilines is 1. The van der Waals surface area contributed by atoms with Gasteiger partial charge in [-0.2, -0.15) is 0 Å². The first-order valence-corrected chi connectivity index (χ1v) is 9.08. The summed E-state index contributed by atoms with van der Waals surface area (Å²) in [6, 6.07) is 8.11. The average molecular weight is 354 g/mol. The lowest BCUT2D eigenvalue weighted by atomic mass is 9.78. The number of ether oxygens (including phenoxy) is 1. The van der Waals surface area contributed by atoms with Crippen LogP contribution in [0.3, 0.4) is 0 Å². The Balaban J connectivity index is 1.67. The normalized spacial score (nSPS) is 27.9. The number of hydrogen-bond acceptors (Lipinski definition) is 6. The minimum atomic E-state index is -0.655. The zero-order valence-corrected chi connectivity index (χ0v) is 15.0. The van der Waals surface area contributed by atoms with E-state index in [1.54, 1.807) is 13.3 Å². The van der Waals surface area contributed by atoms with Crippen molar-refractivity contribution in [3.63, 3.8) is 0 Å². The van der Waals surface area contributed by atoms with Crippen LogP contribution in [-0.2, 0) is 0 Å². The molecular formula is C19H26N6O. The summed E-state index contributed by atoms with van der Waals surface area (Å²) in [5, 5.41) is 3.45. The highest BCUT2D eigenvalue weighted by atomic mass is 16.5. The van der Waals surface area contributed by atoms with Gasteiger partial charge in [0.2, 0.25) is 0 Å². The van der Waals surface area contributed by atoms with Crippen molar-refractivity contribution in [2.24, 2.45) is 17.4 Å². The summed E-state index contributed by atoms with van der Waals surface area (Å²) in [4.78, 5) is 4.47. The molecule has 1 atom stereocenters. The van der Waals surface area contributed by atoms with Gasteiger partial charge < -0.3 is 26.9 Å². The zero-order valence-electron chi connectivity index (χ0n) is 15.0. The van der Waals surface area contributed by atoms with Crippen LogP contribution in [0.4, 0.5) is 5.69 Å². The summed E-state index contributed by atoms with van der Waals surface area (Å²) in [6.45, 7) is 0. The fourth-order valence-corrected chi connectivity index (χ4v) is 3.93. The van der Waals surface area contributed by atoms with Crippen molar-refractivity contribution in [1.29, 1.82) is 0 Å². The summed E-state index contributed by atoms with van der Waals surface area (Å²) >= 11 is 0. The van der Waals surface area contributed by atoms with Gasteiger partial charge in [0.05, 0.1) is 18.5 Å². The van der Waals surface area contributed by atoms with Crippen LogP contribution in [0.2, 0.25) is 0 Å². The van der Waals surface area contributed by atoms with Gasteiger partial charge in [-0.1, -0.05) is 12.1 Å². The van der Waals surface area contributed by atoms with Crippen LogP contribution in [-0.4, -0.2) is 28.5 Å². The van der Waals surface area contributed by atoms with Crippen LogP contribution in [0, 0.1) is 5.92 Å². The van der Waals surface area contributed by atoms with Crippen LogP contribution in [0.25, 0.3) is 5.70 Å². The average Bonchev–Trinajstić information content (AvgIpc) is 3.11. The Bertz CT molecular complexity index is 808. The van der Waals surface area contributed by atoms with Gasteiger partial charge in [0.15, 0.2) is 5.82 Å². The molecule has 7 nitrogen and oxygen atoms in total. The summed E-state index contributed by atoms with van der Waals surface area (Å²) in [7, 11) is 1.66. The molecule has 2 aromatic rings. The van der Waals surface area contributed by atoms with E-state index in [4.69, 9.17) is 16.2 Å². The molecule has 7 heteroatoms. The predicted octanol–water partition coefficient (Wildman–Crippen LogP) is 2.07. The molecule has 0 radical (unpaired) electrons. The van der Waals surface area contributed by atoms with Gasteiger partial charge >= 0.3 is 0 Å². The molecule has 26 heavy (non-hydrogen) atoms. The number of benzene rings is 1. The second-order valence-electron chi connectivity index (χ2n) is 7.16. The number of methoxy groups -OCH3 is 1. The molecule has 0 amide bonds. The van der Waals surface area contributed by atoms with Crippen molar-refractivity contribution in [3.05, 3.63) is 48.6 Å². The number of fused-ring (bicyclic) bond motifs is 1. The smallest absolute Gasteiger partial charge is 0.174 e. The molecule has 1 fully saturated rings. The van der Waals surface area contributed by atoms with E-state index in [2.05, 4.69) is 21.8 Å². The third-order valence-corrected chi connectivity index (χ3v) is 5.40. The van der Waals surface area contributed by atoms with Crippen molar-refractivity contribution in [3.8, 4) is 5.75 Å². The van der Waals surface area contributed by atoms with Crippen molar-refractivity contribution >= 4 is 11.4 Å². The Morgan fingerprint density at radius 3 is 2.81 bits per heavy atom. The maximum absolute atomic E-state index is 6.82. The summed E-state index contributed by atoms with van der Waals surface area (Å²) in [5.74, 6) is 1.88. The van der Waals surface area contributed by atoms with E-state index in [0.29, 0.717) is 5.92 Å².